The van der Waals surface area contributed by atoms with Crippen molar-refractivity contribution in [2.45, 2.75) is 44.2 Å². The van der Waals surface area contributed by atoms with Crippen LogP contribution in [0.2, 0.25) is 0 Å². The highest BCUT2D eigenvalue weighted by Gasteiger charge is 2.52. The van der Waals surface area contributed by atoms with Gasteiger partial charge in [-0.15, -0.1) is 0 Å². The van der Waals surface area contributed by atoms with E-state index in [1.54, 1.807) is 30.3 Å². The van der Waals surface area contributed by atoms with Gasteiger partial charge in [-0.3, -0.25) is 14.4 Å². The van der Waals surface area contributed by atoms with Crippen molar-refractivity contribution in [2.24, 2.45) is 7.05 Å². The molecule has 8 nitrogen and oxygen atoms in total. The Hall–Kier alpha value is -2.64. The number of hydrogen-bond acceptors (Lipinski definition) is 5. The van der Waals surface area contributed by atoms with E-state index in [1.165, 1.54) is 4.90 Å². The molecule has 4 rings (SSSR count). The predicted octanol–water partition coefficient (Wildman–Crippen LogP) is 1.64. The molecule has 1 N–H and O–H groups in total. The Morgan fingerprint density at radius 2 is 2.17 bits per heavy atom. The van der Waals surface area contributed by atoms with Gasteiger partial charge < -0.3 is 9.84 Å². The number of hydrogen-bond donors (Lipinski definition) is 1. The molecule has 2 aromatic rings. The summed E-state index contributed by atoms with van der Waals surface area (Å²) in [7, 11) is 1.78. The van der Waals surface area contributed by atoms with Crippen LogP contribution in [0.25, 0.3) is 0 Å². The summed E-state index contributed by atoms with van der Waals surface area (Å²) in [4.78, 5) is 26.8. The first-order valence-electron chi connectivity index (χ1n) is 8.12. The van der Waals surface area contributed by atoms with Crippen LogP contribution in [0.3, 0.4) is 0 Å². The molecule has 3 heterocycles. The van der Waals surface area contributed by atoms with E-state index in [4.69, 9.17) is 4.52 Å². The summed E-state index contributed by atoms with van der Waals surface area (Å²) in [5.74, 6) is 0.912. The third-order valence-corrected chi connectivity index (χ3v) is 4.86. The van der Waals surface area contributed by atoms with Gasteiger partial charge in [-0.05, 0) is 19.3 Å². The van der Waals surface area contributed by atoms with Crippen molar-refractivity contribution >= 4 is 11.9 Å². The number of imide groups is 1. The van der Waals surface area contributed by atoms with Gasteiger partial charge in [-0.1, -0.05) is 12.1 Å². The Bertz CT molecular complexity index is 806. The Kier molecular flexibility index (Phi) is 3.22. The van der Waals surface area contributed by atoms with Crippen LogP contribution in [-0.2, 0) is 23.9 Å². The van der Waals surface area contributed by atoms with Gasteiger partial charge in [-0.25, -0.2) is 4.79 Å². The number of urea groups is 1. The van der Waals surface area contributed by atoms with Gasteiger partial charge in [-0.2, -0.15) is 5.10 Å². The van der Waals surface area contributed by atoms with Crippen LogP contribution in [0.15, 0.2) is 23.1 Å². The van der Waals surface area contributed by atoms with E-state index in [2.05, 4.69) is 15.6 Å². The minimum absolute atomic E-state index is 0.183. The molecule has 0 spiro atoms. The normalized spacial score (nSPS) is 23.8. The van der Waals surface area contributed by atoms with E-state index < -0.39 is 11.6 Å². The smallest absolute Gasteiger partial charge is 0.325 e. The van der Waals surface area contributed by atoms with Crippen LogP contribution in [0, 0.1) is 0 Å². The minimum Gasteiger partial charge on any atom is -0.361 e. The highest BCUT2D eigenvalue weighted by atomic mass is 16.5. The molecule has 0 bridgehead atoms. The monoisotopic (exact) mass is 329 g/mol. The molecular formula is C16H19N5O3. The Morgan fingerprint density at radius 3 is 2.79 bits per heavy atom. The van der Waals surface area contributed by atoms with Gasteiger partial charge in [0.05, 0.1) is 18.9 Å². The van der Waals surface area contributed by atoms with Crippen LogP contribution < -0.4 is 5.32 Å². The summed E-state index contributed by atoms with van der Waals surface area (Å²) < 4.78 is 6.93. The number of carbonyl (C=O) groups is 2. The molecule has 1 saturated carbocycles. The number of carbonyl (C=O) groups excluding carboxylic acids is 2. The van der Waals surface area contributed by atoms with Crippen LogP contribution in [-0.4, -0.2) is 31.8 Å². The lowest BCUT2D eigenvalue weighted by molar-refractivity contribution is -0.132. The van der Waals surface area contributed by atoms with Gasteiger partial charge in [0.1, 0.15) is 11.3 Å². The topological polar surface area (TPSA) is 93.3 Å². The zero-order valence-corrected chi connectivity index (χ0v) is 13.7. The van der Waals surface area contributed by atoms with Crippen molar-refractivity contribution in [3.8, 4) is 0 Å². The molecular weight excluding hydrogens is 310 g/mol. The van der Waals surface area contributed by atoms with Gasteiger partial charge in [0, 0.05) is 30.3 Å². The number of aryl methyl sites for hydroxylation is 1. The second-order valence-corrected chi connectivity index (χ2v) is 6.47. The van der Waals surface area contributed by atoms with E-state index in [-0.39, 0.29) is 12.5 Å². The summed E-state index contributed by atoms with van der Waals surface area (Å²) in [6.07, 6.45) is 7.58. The lowest BCUT2D eigenvalue weighted by Gasteiger charge is -2.23. The first kappa shape index (κ1) is 14.9. The van der Waals surface area contributed by atoms with E-state index in [0.29, 0.717) is 17.9 Å². The summed E-state index contributed by atoms with van der Waals surface area (Å²) in [6, 6.07) is -0.395. The fourth-order valence-corrected chi connectivity index (χ4v) is 3.29. The van der Waals surface area contributed by atoms with Gasteiger partial charge in [0.15, 0.2) is 0 Å². The highest BCUT2D eigenvalue weighted by Crippen LogP contribution is 2.42. The third kappa shape index (κ3) is 2.13. The standard InChI is InChI=1S/C16H19N5O3/c1-3-16(12-7-17-20(2)9-12)14(22)21(15(23)19-16)8-11-6-18-24-13(11)10-4-5-10/h6-7,9-10H,3-5,8H2,1-2H3,(H,19,23). The Balaban J connectivity index is 1.64. The van der Waals surface area contributed by atoms with Gasteiger partial charge >= 0.3 is 6.03 Å². The number of aromatic nitrogens is 3. The van der Waals surface area contributed by atoms with Crippen molar-refractivity contribution in [1.82, 2.24) is 25.2 Å². The van der Waals surface area contributed by atoms with E-state index in [1.807, 2.05) is 6.92 Å². The van der Waals surface area contributed by atoms with Crippen LogP contribution in [0.5, 0.6) is 0 Å². The summed E-state index contributed by atoms with van der Waals surface area (Å²) in [5, 5.41) is 10.8. The molecule has 8 heteroatoms. The SMILES string of the molecule is CCC1(c2cnn(C)c2)NC(=O)N(Cc2cnoc2C2CC2)C1=O. The number of nitrogens with zero attached hydrogens (tertiary/aromatic N) is 4. The predicted molar refractivity (Wildman–Crippen MR) is 82.7 cm³/mol. The molecule has 1 aliphatic heterocycles. The maximum atomic E-state index is 13.1. The maximum Gasteiger partial charge on any atom is 0.325 e. The fraction of sp³-hybridized carbons (Fsp3) is 0.500. The summed E-state index contributed by atoms with van der Waals surface area (Å²) in [6.45, 7) is 2.06. The average molecular weight is 329 g/mol. The Labute approximate surface area is 138 Å². The van der Waals surface area contributed by atoms with Crippen LogP contribution in [0.1, 0.15) is 49.0 Å². The Morgan fingerprint density at radius 1 is 1.38 bits per heavy atom. The fourth-order valence-electron chi connectivity index (χ4n) is 3.29. The second kappa shape index (κ2) is 5.19. The van der Waals surface area contributed by atoms with Crippen LogP contribution in [0.4, 0.5) is 4.79 Å². The molecule has 1 saturated heterocycles. The van der Waals surface area contributed by atoms with E-state index in [0.717, 1.165) is 24.2 Å². The largest absolute Gasteiger partial charge is 0.361 e. The van der Waals surface area contributed by atoms with Crippen molar-refractivity contribution in [2.75, 3.05) is 0 Å². The lowest BCUT2D eigenvalue weighted by Crippen LogP contribution is -2.43. The molecule has 1 unspecified atom stereocenters. The van der Waals surface area contributed by atoms with E-state index >= 15 is 0 Å². The number of amides is 3. The summed E-state index contributed by atoms with van der Waals surface area (Å²) >= 11 is 0. The van der Waals surface area contributed by atoms with Gasteiger partial charge in [0.25, 0.3) is 5.91 Å². The quantitative estimate of drug-likeness (QED) is 0.842. The van der Waals surface area contributed by atoms with Crippen molar-refractivity contribution in [1.29, 1.82) is 0 Å². The second-order valence-electron chi connectivity index (χ2n) is 6.47. The molecule has 24 heavy (non-hydrogen) atoms. The van der Waals surface area contributed by atoms with Crippen LogP contribution >= 0.6 is 0 Å². The lowest BCUT2D eigenvalue weighted by atomic mass is 9.89. The van der Waals surface area contributed by atoms with Crippen molar-refractivity contribution in [3.63, 3.8) is 0 Å². The molecule has 2 aliphatic rings. The third-order valence-electron chi connectivity index (χ3n) is 4.86. The zero-order chi connectivity index (χ0) is 16.9. The molecule has 0 radical (unpaired) electrons. The zero-order valence-electron chi connectivity index (χ0n) is 13.7. The summed E-state index contributed by atoms with van der Waals surface area (Å²) in [5.41, 5.74) is 0.447. The molecule has 2 aromatic heterocycles. The van der Waals surface area contributed by atoms with E-state index in [9.17, 15) is 9.59 Å². The molecule has 126 valence electrons. The first-order chi connectivity index (χ1) is 11.5. The van der Waals surface area contributed by atoms with Crippen molar-refractivity contribution < 1.29 is 14.1 Å². The molecule has 2 fully saturated rings. The first-order valence-corrected chi connectivity index (χ1v) is 8.12. The minimum atomic E-state index is -1.05. The average Bonchev–Trinajstić information content (AvgIpc) is 3.05. The number of nitrogens with one attached hydrogen (secondary N) is 1. The van der Waals surface area contributed by atoms with Gasteiger partial charge in [0.2, 0.25) is 0 Å². The molecule has 0 aromatic carbocycles. The number of rotatable bonds is 5. The molecule has 3 amide bonds. The highest BCUT2D eigenvalue weighted by molar-refractivity contribution is 6.07. The maximum absolute atomic E-state index is 13.1. The van der Waals surface area contributed by atoms with Crippen molar-refractivity contribution in [3.05, 3.63) is 35.5 Å². The molecule has 1 aliphatic carbocycles. The molecule has 1 atom stereocenters.